The molecule has 1 aromatic rings. The summed E-state index contributed by atoms with van der Waals surface area (Å²) in [5, 5.41) is 1.52. The molecule has 10 heteroatoms. The summed E-state index contributed by atoms with van der Waals surface area (Å²) in [6.07, 6.45) is 1.00. The van der Waals surface area contributed by atoms with E-state index in [1.54, 1.807) is 0 Å². The molecule has 0 saturated heterocycles. The maximum Gasteiger partial charge on any atom is 0.250 e. The standard InChI is InChI=1S/C7H13N3O4S3/c1-16(11,12)9-2-3-10-17(13,14)7-4-6(8)5-15-7/h4-5,9-10H,2-3,8H2,1H3. The zero-order chi connectivity index (χ0) is 13.1. The molecule has 0 atom stereocenters. The summed E-state index contributed by atoms with van der Waals surface area (Å²) >= 11 is 1.01. The Labute approximate surface area is 104 Å². The molecule has 0 fully saturated rings. The first-order chi connectivity index (χ1) is 7.71. The van der Waals surface area contributed by atoms with Crippen LogP contribution in [0.1, 0.15) is 0 Å². The van der Waals surface area contributed by atoms with Gasteiger partial charge in [0, 0.05) is 24.2 Å². The molecular weight excluding hydrogens is 286 g/mol. The minimum atomic E-state index is -3.60. The molecule has 0 bridgehead atoms. The van der Waals surface area contributed by atoms with E-state index >= 15 is 0 Å². The number of sulfonamides is 2. The van der Waals surface area contributed by atoms with Gasteiger partial charge in [-0.1, -0.05) is 0 Å². The number of rotatable bonds is 6. The van der Waals surface area contributed by atoms with Gasteiger partial charge in [0.1, 0.15) is 4.21 Å². The van der Waals surface area contributed by atoms with E-state index in [9.17, 15) is 16.8 Å². The van der Waals surface area contributed by atoms with E-state index in [-0.39, 0.29) is 17.3 Å². The van der Waals surface area contributed by atoms with Crippen LogP contribution in [0.25, 0.3) is 0 Å². The van der Waals surface area contributed by atoms with Crippen LogP contribution in [0.15, 0.2) is 15.7 Å². The van der Waals surface area contributed by atoms with Crippen LogP contribution in [0.2, 0.25) is 0 Å². The van der Waals surface area contributed by atoms with E-state index in [0.717, 1.165) is 17.6 Å². The highest BCUT2D eigenvalue weighted by Crippen LogP contribution is 2.20. The molecular formula is C7H13N3O4S3. The lowest BCUT2D eigenvalue weighted by Gasteiger charge is -2.04. The third-order valence-electron chi connectivity index (χ3n) is 1.64. The molecule has 7 nitrogen and oxygen atoms in total. The lowest BCUT2D eigenvalue weighted by molar-refractivity contribution is 0.574. The Bertz CT molecular complexity index is 575. The molecule has 4 N–H and O–H groups in total. The van der Waals surface area contributed by atoms with Gasteiger partial charge in [0.05, 0.1) is 6.26 Å². The van der Waals surface area contributed by atoms with Gasteiger partial charge in [0.15, 0.2) is 0 Å². The number of nitrogens with one attached hydrogen (secondary N) is 2. The molecule has 1 aromatic heterocycles. The molecule has 17 heavy (non-hydrogen) atoms. The van der Waals surface area contributed by atoms with Crippen molar-refractivity contribution in [2.45, 2.75) is 4.21 Å². The summed E-state index contributed by atoms with van der Waals surface area (Å²) in [6.45, 7) is -0.0217. The third-order valence-corrected chi connectivity index (χ3v) is 5.29. The summed E-state index contributed by atoms with van der Waals surface area (Å²) in [4.78, 5) is 0. The molecule has 0 aliphatic carbocycles. The Morgan fingerprint density at radius 1 is 1.24 bits per heavy atom. The number of thiophene rings is 1. The van der Waals surface area contributed by atoms with Crippen LogP contribution in [0.3, 0.4) is 0 Å². The van der Waals surface area contributed by atoms with Crippen LogP contribution in [0.5, 0.6) is 0 Å². The van der Waals surface area contributed by atoms with Crippen LogP contribution in [-0.4, -0.2) is 36.2 Å². The largest absolute Gasteiger partial charge is 0.398 e. The van der Waals surface area contributed by atoms with Gasteiger partial charge < -0.3 is 5.73 Å². The summed E-state index contributed by atoms with van der Waals surface area (Å²) in [7, 11) is -6.91. The Balaban J connectivity index is 2.52. The van der Waals surface area contributed by atoms with Gasteiger partial charge in [-0.3, -0.25) is 0 Å². The van der Waals surface area contributed by atoms with Gasteiger partial charge in [-0.2, -0.15) is 0 Å². The molecule has 1 rings (SSSR count). The van der Waals surface area contributed by atoms with E-state index in [1.807, 2.05) is 0 Å². The van der Waals surface area contributed by atoms with Gasteiger partial charge in [-0.15, -0.1) is 11.3 Å². The number of hydrogen-bond acceptors (Lipinski definition) is 6. The van der Waals surface area contributed by atoms with Crippen LogP contribution >= 0.6 is 11.3 Å². The maximum absolute atomic E-state index is 11.6. The topological polar surface area (TPSA) is 118 Å². The highest BCUT2D eigenvalue weighted by atomic mass is 32.2. The minimum Gasteiger partial charge on any atom is -0.398 e. The third kappa shape index (κ3) is 5.00. The Morgan fingerprint density at radius 3 is 2.29 bits per heavy atom. The van der Waals surface area contributed by atoms with Crippen molar-refractivity contribution < 1.29 is 16.8 Å². The molecule has 0 saturated carbocycles. The number of nitrogens with two attached hydrogens (primary N) is 1. The molecule has 0 aromatic carbocycles. The van der Waals surface area contributed by atoms with Crippen molar-refractivity contribution in [3.05, 3.63) is 11.4 Å². The molecule has 0 radical (unpaired) electrons. The fraction of sp³-hybridized carbons (Fsp3) is 0.429. The summed E-state index contributed by atoms with van der Waals surface area (Å²) in [6, 6.07) is 1.34. The minimum absolute atomic E-state index is 0.00107. The van der Waals surface area contributed by atoms with Crippen LogP contribution < -0.4 is 15.2 Å². The van der Waals surface area contributed by atoms with Gasteiger partial charge in [0.25, 0.3) is 0 Å². The predicted molar refractivity (Wildman–Crippen MR) is 66.8 cm³/mol. The van der Waals surface area contributed by atoms with Crippen LogP contribution in [0, 0.1) is 0 Å². The average molecular weight is 299 g/mol. The van der Waals surface area contributed by atoms with E-state index < -0.39 is 20.0 Å². The molecule has 1 heterocycles. The Hall–Kier alpha value is -0.680. The van der Waals surface area contributed by atoms with Gasteiger partial charge in [-0.05, 0) is 6.07 Å². The average Bonchev–Trinajstić information content (AvgIpc) is 2.59. The lowest BCUT2D eigenvalue weighted by Crippen LogP contribution is -2.33. The van der Waals surface area contributed by atoms with Crippen molar-refractivity contribution in [2.24, 2.45) is 0 Å². The second-order valence-corrected chi connectivity index (χ2v) is 8.00. The van der Waals surface area contributed by atoms with Crippen molar-refractivity contribution in [1.82, 2.24) is 9.44 Å². The van der Waals surface area contributed by atoms with Gasteiger partial charge in [-0.25, -0.2) is 26.3 Å². The van der Waals surface area contributed by atoms with Crippen LogP contribution in [0.4, 0.5) is 5.69 Å². The Kier molecular flexibility index (Phi) is 4.49. The SMILES string of the molecule is CS(=O)(=O)NCCNS(=O)(=O)c1cc(N)cs1. The molecule has 0 aliphatic rings. The summed E-state index contributed by atoms with van der Waals surface area (Å²) < 4.78 is 49.3. The van der Waals surface area contributed by atoms with Crippen molar-refractivity contribution in [3.63, 3.8) is 0 Å². The van der Waals surface area contributed by atoms with Crippen LogP contribution in [-0.2, 0) is 20.0 Å². The molecule has 0 aliphatic heterocycles. The quantitative estimate of drug-likeness (QED) is 0.592. The fourth-order valence-electron chi connectivity index (χ4n) is 0.964. The van der Waals surface area contributed by atoms with Crippen molar-refractivity contribution in [1.29, 1.82) is 0 Å². The van der Waals surface area contributed by atoms with Crippen molar-refractivity contribution in [3.8, 4) is 0 Å². The first-order valence-electron chi connectivity index (χ1n) is 4.49. The van der Waals surface area contributed by atoms with E-state index in [4.69, 9.17) is 5.73 Å². The lowest BCUT2D eigenvalue weighted by atomic mass is 10.6. The molecule has 0 unspecified atom stereocenters. The zero-order valence-electron chi connectivity index (χ0n) is 9.00. The molecule has 98 valence electrons. The fourth-order valence-corrected chi connectivity index (χ4v) is 3.59. The normalized spacial score (nSPS) is 12.8. The van der Waals surface area contributed by atoms with E-state index in [0.29, 0.717) is 5.69 Å². The van der Waals surface area contributed by atoms with E-state index in [2.05, 4.69) is 9.44 Å². The predicted octanol–water partition coefficient (Wildman–Crippen LogP) is -0.842. The van der Waals surface area contributed by atoms with Crippen molar-refractivity contribution >= 4 is 37.1 Å². The molecule has 0 amide bonds. The summed E-state index contributed by atoms with van der Waals surface area (Å²) in [5.74, 6) is 0. The Morgan fingerprint density at radius 2 is 1.82 bits per heavy atom. The second kappa shape index (κ2) is 5.31. The number of anilines is 1. The monoisotopic (exact) mass is 299 g/mol. The number of nitrogen functional groups attached to an aromatic ring is 1. The molecule has 0 spiro atoms. The van der Waals surface area contributed by atoms with E-state index in [1.165, 1.54) is 11.4 Å². The highest BCUT2D eigenvalue weighted by molar-refractivity contribution is 7.91. The van der Waals surface area contributed by atoms with Gasteiger partial charge >= 0.3 is 0 Å². The second-order valence-electron chi connectivity index (χ2n) is 3.26. The zero-order valence-corrected chi connectivity index (χ0v) is 11.5. The van der Waals surface area contributed by atoms with Crippen molar-refractivity contribution in [2.75, 3.05) is 25.1 Å². The highest BCUT2D eigenvalue weighted by Gasteiger charge is 2.15. The first-order valence-corrected chi connectivity index (χ1v) is 8.74. The van der Waals surface area contributed by atoms with Gasteiger partial charge in [0.2, 0.25) is 20.0 Å². The first kappa shape index (κ1) is 14.4. The number of hydrogen-bond donors (Lipinski definition) is 3. The maximum atomic E-state index is 11.6. The summed E-state index contributed by atoms with van der Waals surface area (Å²) in [5.41, 5.74) is 5.79. The smallest absolute Gasteiger partial charge is 0.250 e.